The fourth-order valence-corrected chi connectivity index (χ4v) is 2.73. The van der Waals surface area contributed by atoms with Crippen molar-refractivity contribution in [1.29, 1.82) is 0 Å². The molecule has 1 N–H and O–H groups in total. The minimum atomic E-state index is -1.14. The quantitative estimate of drug-likeness (QED) is 0.738. The summed E-state index contributed by atoms with van der Waals surface area (Å²) in [4.78, 5) is 12.1. The zero-order valence-electron chi connectivity index (χ0n) is 12.8. The van der Waals surface area contributed by atoms with Gasteiger partial charge in [0.25, 0.3) is 0 Å². The molecule has 1 rings (SSSR count). The molecule has 0 bridgehead atoms. The summed E-state index contributed by atoms with van der Waals surface area (Å²) in [5, 5.41) is 11.2. The number of esters is 1. The van der Waals surface area contributed by atoms with Gasteiger partial charge in [-0.3, -0.25) is 4.79 Å². The van der Waals surface area contributed by atoms with Crippen LogP contribution in [-0.2, 0) is 15.1 Å². The van der Waals surface area contributed by atoms with Gasteiger partial charge in [-0.1, -0.05) is 63.4 Å². The second kappa shape index (κ2) is 8.05. The Bertz CT molecular complexity index is 402. The largest absolute Gasteiger partial charge is 0.469 e. The minimum absolute atomic E-state index is 0.321. The maximum absolute atomic E-state index is 12.1. The van der Waals surface area contributed by atoms with E-state index >= 15 is 0 Å². The van der Waals surface area contributed by atoms with Crippen LogP contribution in [0.4, 0.5) is 0 Å². The van der Waals surface area contributed by atoms with Gasteiger partial charge >= 0.3 is 5.97 Å². The third-order valence-corrected chi connectivity index (χ3v) is 3.81. The minimum Gasteiger partial charge on any atom is -0.469 e. The lowest BCUT2D eigenvalue weighted by Crippen LogP contribution is -2.40. The van der Waals surface area contributed by atoms with Crippen molar-refractivity contribution in [3.63, 3.8) is 0 Å². The molecule has 20 heavy (non-hydrogen) atoms. The van der Waals surface area contributed by atoms with Crippen LogP contribution in [0.25, 0.3) is 0 Å². The van der Waals surface area contributed by atoms with Crippen LogP contribution < -0.4 is 0 Å². The van der Waals surface area contributed by atoms with Gasteiger partial charge in [-0.15, -0.1) is 0 Å². The van der Waals surface area contributed by atoms with Gasteiger partial charge in [-0.2, -0.15) is 0 Å². The maximum atomic E-state index is 12.1. The van der Waals surface area contributed by atoms with Crippen molar-refractivity contribution in [2.75, 3.05) is 7.11 Å². The molecule has 1 aromatic carbocycles. The van der Waals surface area contributed by atoms with Gasteiger partial charge in [-0.05, 0) is 18.4 Å². The predicted octanol–water partition coefficient (Wildman–Crippen LogP) is 3.65. The number of carbonyl (C=O) groups excluding carboxylic acids is 1. The van der Waals surface area contributed by atoms with E-state index < -0.39 is 11.5 Å². The Morgan fingerprint density at radius 1 is 1.25 bits per heavy atom. The number of rotatable bonds is 8. The first-order chi connectivity index (χ1) is 9.60. The zero-order valence-corrected chi connectivity index (χ0v) is 12.8. The van der Waals surface area contributed by atoms with Crippen molar-refractivity contribution in [1.82, 2.24) is 0 Å². The van der Waals surface area contributed by atoms with Crippen molar-refractivity contribution in [2.24, 2.45) is 5.92 Å². The van der Waals surface area contributed by atoms with E-state index in [0.29, 0.717) is 12.8 Å². The second-order valence-corrected chi connectivity index (χ2v) is 5.26. The monoisotopic (exact) mass is 278 g/mol. The highest BCUT2D eigenvalue weighted by atomic mass is 16.5. The normalized spacial score (nSPS) is 15.4. The van der Waals surface area contributed by atoms with Crippen molar-refractivity contribution in [3.8, 4) is 0 Å². The van der Waals surface area contributed by atoms with Crippen LogP contribution in [0, 0.1) is 5.92 Å². The molecule has 1 aromatic rings. The summed E-state index contributed by atoms with van der Waals surface area (Å²) >= 11 is 0. The number of benzene rings is 1. The van der Waals surface area contributed by atoms with E-state index in [4.69, 9.17) is 4.74 Å². The highest BCUT2D eigenvalue weighted by Crippen LogP contribution is 2.38. The zero-order chi connectivity index (χ0) is 15.0. The fourth-order valence-electron chi connectivity index (χ4n) is 2.73. The smallest absolute Gasteiger partial charge is 0.311 e. The van der Waals surface area contributed by atoms with Crippen LogP contribution in [0.15, 0.2) is 30.3 Å². The topological polar surface area (TPSA) is 46.5 Å². The Morgan fingerprint density at radius 3 is 2.40 bits per heavy atom. The van der Waals surface area contributed by atoms with Gasteiger partial charge in [-0.25, -0.2) is 0 Å². The number of carbonyl (C=O) groups is 1. The second-order valence-electron chi connectivity index (χ2n) is 5.26. The van der Waals surface area contributed by atoms with Gasteiger partial charge in [0.1, 0.15) is 5.60 Å². The molecular weight excluding hydrogens is 252 g/mol. The van der Waals surface area contributed by atoms with Crippen LogP contribution in [-0.4, -0.2) is 18.2 Å². The van der Waals surface area contributed by atoms with Crippen LogP contribution in [0.5, 0.6) is 0 Å². The summed E-state index contributed by atoms with van der Waals surface area (Å²) in [6.45, 7) is 4.10. The van der Waals surface area contributed by atoms with E-state index in [0.717, 1.165) is 24.8 Å². The molecular formula is C17H26O3. The maximum Gasteiger partial charge on any atom is 0.311 e. The van der Waals surface area contributed by atoms with Crippen molar-refractivity contribution >= 4 is 5.97 Å². The molecule has 0 aromatic heterocycles. The predicted molar refractivity (Wildman–Crippen MR) is 80.3 cm³/mol. The molecule has 0 saturated heterocycles. The number of methoxy groups -OCH3 is 1. The standard InChI is InChI=1S/C17H26O3/c1-4-6-12-15(16(18)20-3)17(19,13-5-2)14-10-8-7-9-11-14/h7-11,15,19H,4-6,12-13H2,1-3H3. The number of aliphatic hydroxyl groups is 1. The molecule has 0 radical (unpaired) electrons. The summed E-state index contributed by atoms with van der Waals surface area (Å²) in [5.74, 6) is -0.826. The van der Waals surface area contributed by atoms with Crippen LogP contribution in [0.1, 0.15) is 51.5 Å². The first-order valence-electron chi connectivity index (χ1n) is 7.45. The third kappa shape index (κ3) is 3.83. The van der Waals surface area contributed by atoms with Gasteiger partial charge in [0.05, 0.1) is 13.0 Å². The van der Waals surface area contributed by atoms with Crippen molar-refractivity contribution in [2.45, 2.75) is 51.6 Å². The molecule has 0 heterocycles. The van der Waals surface area contributed by atoms with E-state index in [-0.39, 0.29) is 5.97 Å². The summed E-state index contributed by atoms with van der Waals surface area (Å²) in [5.41, 5.74) is -0.341. The SMILES string of the molecule is CCCCC(C(=O)OC)C(O)(CCC)c1ccccc1. The van der Waals surface area contributed by atoms with E-state index in [1.807, 2.05) is 37.3 Å². The van der Waals surface area contributed by atoms with Gasteiger partial charge in [0.15, 0.2) is 0 Å². The Balaban J connectivity index is 3.14. The highest BCUT2D eigenvalue weighted by Gasteiger charge is 2.42. The lowest BCUT2D eigenvalue weighted by Gasteiger charge is -2.35. The van der Waals surface area contributed by atoms with Gasteiger partial charge in [0, 0.05) is 0 Å². The summed E-state index contributed by atoms with van der Waals surface area (Å²) in [6, 6.07) is 9.47. The molecule has 112 valence electrons. The highest BCUT2D eigenvalue weighted by molar-refractivity contribution is 5.74. The van der Waals surface area contributed by atoms with E-state index in [2.05, 4.69) is 6.92 Å². The average Bonchev–Trinajstić information content (AvgIpc) is 2.48. The van der Waals surface area contributed by atoms with Crippen LogP contribution in [0.2, 0.25) is 0 Å². The van der Waals surface area contributed by atoms with Crippen LogP contribution >= 0.6 is 0 Å². The molecule has 3 heteroatoms. The summed E-state index contributed by atoms with van der Waals surface area (Å²) in [6.07, 6.45) is 3.91. The summed E-state index contributed by atoms with van der Waals surface area (Å²) < 4.78 is 4.92. The van der Waals surface area contributed by atoms with Crippen molar-refractivity contribution < 1.29 is 14.6 Å². The van der Waals surface area contributed by atoms with Crippen molar-refractivity contribution in [3.05, 3.63) is 35.9 Å². The molecule has 0 spiro atoms. The first-order valence-corrected chi connectivity index (χ1v) is 7.45. The van der Waals surface area contributed by atoms with Gasteiger partial charge in [0.2, 0.25) is 0 Å². The Morgan fingerprint density at radius 2 is 1.90 bits per heavy atom. The van der Waals surface area contributed by atoms with Gasteiger partial charge < -0.3 is 9.84 Å². The number of ether oxygens (including phenoxy) is 1. The number of unbranched alkanes of at least 4 members (excludes halogenated alkanes) is 1. The first kappa shape index (κ1) is 16.7. The molecule has 0 saturated carbocycles. The van der Waals surface area contributed by atoms with E-state index in [1.165, 1.54) is 7.11 Å². The molecule has 2 unspecified atom stereocenters. The lowest BCUT2D eigenvalue weighted by molar-refractivity contribution is -0.158. The molecule has 2 atom stereocenters. The Hall–Kier alpha value is -1.35. The average molecular weight is 278 g/mol. The molecule has 0 fully saturated rings. The number of hydrogen-bond acceptors (Lipinski definition) is 3. The molecule has 0 aliphatic rings. The number of hydrogen-bond donors (Lipinski definition) is 1. The van der Waals surface area contributed by atoms with Crippen LogP contribution in [0.3, 0.4) is 0 Å². The van der Waals surface area contributed by atoms with E-state index in [1.54, 1.807) is 0 Å². The molecule has 3 nitrogen and oxygen atoms in total. The van der Waals surface area contributed by atoms with E-state index in [9.17, 15) is 9.90 Å². The molecule has 0 amide bonds. The Labute approximate surface area is 122 Å². The lowest BCUT2D eigenvalue weighted by atomic mass is 9.75. The fraction of sp³-hybridized carbons (Fsp3) is 0.588. The molecule has 0 aliphatic heterocycles. The third-order valence-electron chi connectivity index (χ3n) is 3.81. The molecule has 0 aliphatic carbocycles. The summed E-state index contributed by atoms with van der Waals surface area (Å²) in [7, 11) is 1.39. The Kier molecular flexibility index (Phi) is 6.73.